The van der Waals surface area contributed by atoms with Crippen LogP contribution in [0.25, 0.3) is 5.57 Å². The Morgan fingerprint density at radius 1 is 1.00 bits per heavy atom. The third-order valence-electron chi connectivity index (χ3n) is 7.91. The van der Waals surface area contributed by atoms with E-state index in [-0.39, 0.29) is 18.2 Å². The number of ether oxygens (including phenoxy) is 2. The van der Waals surface area contributed by atoms with Crippen LogP contribution in [0.2, 0.25) is 0 Å². The van der Waals surface area contributed by atoms with Gasteiger partial charge in [-0.1, -0.05) is 44.7 Å². The molecule has 0 fully saturated rings. The Labute approximate surface area is 249 Å². The lowest BCUT2D eigenvalue weighted by atomic mass is 9.84. The average Bonchev–Trinajstić information content (AvgIpc) is 2.99. The summed E-state index contributed by atoms with van der Waals surface area (Å²) in [6, 6.07) is 11.9. The molecule has 1 atom stereocenters. The first-order chi connectivity index (χ1) is 20.2. The van der Waals surface area contributed by atoms with Gasteiger partial charge in [-0.05, 0) is 82.1 Å². The van der Waals surface area contributed by atoms with E-state index >= 15 is 0 Å². The third kappa shape index (κ3) is 6.52. The van der Waals surface area contributed by atoms with Crippen molar-refractivity contribution in [2.75, 3.05) is 37.7 Å². The second-order valence-electron chi connectivity index (χ2n) is 10.6. The largest absolute Gasteiger partial charge is 0.478 e. The lowest BCUT2D eigenvalue weighted by Gasteiger charge is -2.33. The van der Waals surface area contributed by atoms with E-state index in [1.54, 1.807) is 13.0 Å². The Morgan fingerprint density at radius 2 is 1.71 bits per heavy atom. The van der Waals surface area contributed by atoms with E-state index < -0.39 is 11.9 Å². The van der Waals surface area contributed by atoms with Crippen LogP contribution in [0.4, 0.5) is 5.69 Å². The molecule has 1 unspecified atom stereocenters. The van der Waals surface area contributed by atoms with E-state index in [1.165, 1.54) is 0 Å². The van der Waals surface area contributed by atoms with Crippen molar-refractivity contribution in [1.82, 2.24) is 4.90 Å². The number of fused-ring (bicyclic) bond motifs is 2. The molecule has 0 amide bonds. The predicted octanol–water partition coefficient (Wildman–Crippen LogP) is 6.64. The van der Waals surface area contributed by atoms with Crippen molar-refractivity contribution in [2.24, 2.45) is 0 Å². The van der Waals surface area contributed by atoms with Gasteiger partial charge in [-0.2, -0.15) is 0 Å². The highest BCUT2D eigenvalue weighted by atomic mass is 16.5. The quantitative estimate of drug-likeness (QED) is 0.164. The molecular weight excluding hydrogens is 528 g/mol. The molecule has 7 heteroatoms. The molecule has 4 rings (SSSR count). The molecule has 0 saturated heterocycles. The molecular formula is C35H42N2O5. The van der Waals surface area contributed by atoms with Gasteiger partial charge in [0.2, 0.25) is 0 Å². The molecule has 1 N–H and O–H groups in total. The van der Waals surface area contributed by atoms with Crippen LogP contribution in [0.5, 0.6) is 5.75 Å². The summed E-state index contributed by atoms with van der Waals surface area (Å²) >= 11 is 0. The summed E-state index contributed by atoms with van der Waals surface area (Å²) in [5.74, 6) is 0.0545. The number of esters is 1. The van der Waals surface area contributed by atoms with Crippen LogP contribution in [0.1, 0.15) is 68.1 Å². The summed E-state index contributed by atoms with van der Waals surface area (Å²) in [5.41, 5.74) is 5.76. The molecule has 2 aromatic carbocycles. The zero-order valence-electron chi connectivity index (χ0n) is 25.4. The number of aromatic carboxylic acids is 1. The Morgan fingerprint density at radius 3 is 2.36 bits per heavy atom. The van der Waals surface area contributed by atoms with Gasteiger partial charge >= 0.3 is 11.9 Å². The minimum Gasteiger partial charge on any atom is -0.478 e. The fourth-order valence-corrected chi connectivity index (χ4v) is 5.59. The minimum absolute atomic E-state index is 0.0906. The summed E-state index contributed by atoms with van der Waals surface area (Å²) in [4.78, 5) is 28.9. The number of rotatable bonds is 13. The number of hydrogen-bond donors (Lipinski definition) is 1. The van der Waals surface area contributed by atoms with Crippen molar-refractivity contribution in [3.63, 3.8) is 0 Å². The summed E-state index contributed by atoms with van der Waals surface area (Å²) in [6.07, 6.45) is 7.53. The Kier molecular flexibility index (Phi) is 10.1. The number of hydrogen-bond acceptors (Lipinski definition) is 6. The van der Waals surface area contributed by atoms with E-state index in [2.05, 4.69) is 74.4 Å². The van der Waals surface area contributed by atoms with Crippen molar-refractivity contribution in [2.45, 2.75) is 53.5 Å². The van der Waals surface area contributed by atoms with E-state index in [4.69, 9.17) is 9.47 Å². The molecule has 42 heavy (non-hydrogen) atoms. The fraction of sp³-hybridized carbons (Fsp3) is 0.371. The van der Waals surface area contributed by atoms with E-state index in [9.17, 15) is 14.7 Å². The zero-order chi connectivity index (χ0) is 30.4. The standard InChI is InChI=1S/C35H42N2O5/c1-7-36(8-2)25-14-17-28-31(21-25)42-32-22-26(37(9-3)10-4)15-18-29(32)33(28)27-16-13-24(20-30(27)34(38)39)12-11-19-41-35(40)23(5)6/h13-18,20-22,25H,5,7-12,19H2,1-4,6H3,(H,38,39). The van der Waals surface area contributed by atoms with Crippen molar-refractivity contribution >= 4 is 23.2 Å². The number of likely N-dealkylation sites (N-methyl/N-ethyl adjacent to an activating group) is 1. The number of nitrogens with zero attached hydrogens (tertiary/aromatic N) is 2. The van der Waals surface area contributed by atoms with Gasteiger partial charge in [0.1, 0.15) is 11.5 Å². The minimum atomic E-state index is -0.993. The number of carbonyl (C=O) groups is 2. The number of allylic oxidation sites excluding steroid dienone is 1. The van der Waals surface area contributed by atoms with Crippen molar-refractivity contribution in [3.05, 3.63) is 100 Å². The molecule has 1 aliphatic carbocycles. The van der Waals surface area contributed by atoms with Crippen LogP contribution < -0.4 is 9.64 Å². The van der Waals surface area contributed by atoms with Gasteiger partial charge in [-0.15, -0.1) is 0 Å². The second kappa shape index (κ2) is 13.7. The van der Waals surface area contributed by atoms with Crippen LogP contribution in [0.3, 0.4) is 0 Å². The Hall–Kier alpha value is -4.10. The smallest absolute Gasteiger partial charge is 0.336 e. The average molecular weight is 571 g/mol. The molecule has 0 saturated carbocycles. The predicted molar refractivity (Wildman–Crippen MR) is 168 cm³/mol. The maximum Gasteiger partial charge on any atom is 0.336 e. The van der Waals surface area contributed by atoms with Crippen LogP contribution in [-0.4, -0.2) is 60.8 Å². The van der Waals surface area contributed by atoms with Crippen molar-refractivity contribution in [3.8, 4) is 5.75 Å². The number of aryl methyl sites for hydroxylation is 1. The van der Waals surface area contributed by atoms with E-state index in [0.29, 0.717) is 24.0 Å². The Bertz CT molecular complexity index is 1440. The molecule has 7 nitrogen and oxygen atoms in total. The van der Waals surface area contributed by atoms with E-state index in [1.807, 2.05) is 18.2 Å². The molecule has 222 valence electrons. The number of benzene rings is 2. The summed E-state index contributed by atoms with van der Waals surface area (Å²) in [7, 11) is 0. The lowest BCUT2D eigenvalue weighted by molar-refractivity contribution is -0.139. The third-order valence-corrected chi connectivity index (χ3v) is 7.91. The summed E-state index contributed by atoms with van der Waals surface area (Å²) in [5, 5.41) is 10.4. The van der Waals surface area contributed by atoms with Gasteiger partial charge in [0, 0.05) is 47.1 Å². The summed E-state index contributed by atoms with van der Waals surface area (Å²) in [6.45, 7) is 17.5. The van der Waals surface area contributed by atoms with Crippen LogP contribution >= 0.6 is 0 Å². The molecule has 0 spiro atoms. The van der Waals surface area contributed by atoms with Crippen LogP contribution in [-0.2, 0) is 16.0 Å². The first kappa shape index (κ1) is 30.8. The molecule has 1 aliphatic heterocycles. The molecule has 1 heterocycles. The SMILES string of the molecule is C=C(C)C(=O)OCCCc1ccc(C2=C3C=CC(N(CC)CC)C=C3Oc3cc(N(CC)CC)ccc32)c(C(=O)O)c1. The van der Waals surface area contributed by atoms with Crippen LogP contribution in [0.15, 0.2) is 78.1 Å². The first-order valence-electron chi connectivity index (χ1n) is 14.9. The number of carboxylic acid groups (broad SMARTS) is 1. The summed E-state index contributed by atoms with van der Waals surface area (Å²) < 4.78 is 11.8. The first-order valence-corrected chi connectivity index (χ1v) is 14.9. The maximum atomic E-state index is 12.6. The topological polar surface area (TPSA) is 79.3 Å². The van der Waals surface area contributed by atoms with Gasteiger partial charge < -0.3 is 19.5 Å². The fourth-order valence-electron chi connectivity index (χ4n) is 5.59. The zero-order valence-corrected chi connectivity index (χ0v) is 25.4. The molecule has 0 bridgehead atoms. The number of carbonyl (C=O) groups excluding carboxylic acids is 1. The van der Waals surface area contributed by atoms with Crippen LogP contribution in [0, 0.1) is 0 Å². The van der Waals surface area contributed by atoms with E-state index in [0.717, 1.165) is 65.6 Å². The Balaban J connectivity index is 1.78. The second-order valence-corrected chi connectivity index (χ2v) is 10.6. The number of anilines is 1. The highest BCUT2D eigenvalue weighted by Crippen LogP contribution is 2.45. The van der Waals surface area contributed by atoms with Crippen molar-refractivity contribution in [1.29, 1.82) is 0 Å². The normalized spacial score (nSPS) is 15.5. The van der Waals surface area contributed by atoms with Gasteiger partial charge in [0.25, 0.3) is 0 Å². The number of carboxylic acids is 1. The van der Waals surface area contributed by atoms with Gasteiger partial charge in [0.05, 0.1) is 18.2 Å². The van der Waals surface area contributed by atoms with Gasteiger partial charge in [-0.3, -0.25) is 4.90 Å². The van der Waals surface area contributed by atoms with Gasteiger partial charge in [0.15, 0.2) is 0 Å². The van der Waals surface area contributed by atoms with Gasteiger partial charge in [-0.25, -0.2) is 9.59 Å². The molecule has 2 aliphatic rings. The highest BCUT2D eigenvalue weighted by molar-refractivity contribution is 6.00. The highest BCUT2D eigenvalue weighted by Gasteiger charge is 2.30. The lowest BCUT2D eigenvalue weighted by Crippen LogP contribution is -2.34. The monoisotopic (exact) mass is 570 g/mol. The molecule has 0 radical (unpaired) electrons. The maximum absolute atomic E-state index is 12.6. The van der Waals surface area contributed by atoms with Crippen molar-refractivity contribution < 1.29 is 24.2 Å². The molecule has 2 aromatic rings. The molecule has 0 aromatic heterocycles.